The molecule has 0 unspecified atom stereocenters. The lowest BCUT2D eigenvalue weighted by atomic mass is 9.97. The normalized spacial score (nSPS) is 12.2. The first kappa shape index (κ1) is 31.4. The molecule has 5 aromatic rings. The van der Waals surface area contributed by atoms with E-state index in [4.69, 9.17) is 17.5 Å². The Bertz CT molecular complexity index is 1770. The number of para-hydroxylation sites is 1. The fourth-order valence-electron chi connectivity index (χ4n) is 5.41. The van der Waals surface area contributed by atoms with Crippen LogP contribution in [0.15, 0.2) is 110 Å². The van der Waals surface area contributed by atoms with Gasteiger partial charge in [-0.15, -0.1) is 0 Å². The van der Waals surface area contributed by atoms with E-state index in [0.717, 1.165) is 23.4 Å². The molecule has 0 radical (unpaired) electrons. The van der Waals surface area contributed by atoms with Crippen LogP contribution in [0.1, 0.15) is 42.7 Å². The highest BCUT2D eigenvalue weighted by molar-refractivity contribution is 7.80. The van der Waals surface area contributed by atoms with E-state index in [1.807, 2.05) is 47.0 Å². The first-order valence-corrected chi connectivity index (χ1v) is 15.7. The fraction of sp³-hybridized carbons (Fsp3) is 0.243. The number of benzene rings is 4. The van der Waals surface area contributed by atoms with Gasteiger partial charge in [0, 0.05) is 43.3 Å². The molecule has 0 aliphatic rings. The first-order chi connectivity index (χ1) is 21.9. The van der Waals surface area contributed by atoms with Crippen molar-refractivity contribution in [3.05, 3.63) is 132 Å². The molecule has 4 aromatic carbocycles. The van der Waals surface area contributed by atoms with Crippen LogP contribution in [-0.4, -0.2) is 38.1 Å². The summed E-state index contributed by atoms with van der Waals surface area (Å²) in [5.41, 5.74) is 4.58. The van der Waals surface area contributed by atoms with E-state index in [-0.39, 0.29) is 24.3 Å². The molecule has 228 valence electrons. The van der Waals surface area contributed by atoms with Crippen LogP contribution in [-0.2, 0) is 24.3 Å². The Kier molecular flexibility index (Phi) is 10.6. The molecule has 0 spiro atoms. The number of amides is 1. The van der Waals surface area contributed by atoms with Gasteiger partial charge in [0.1, 0.15) is 0 Å². The molecule has 7 nitrogen and oxygen atoms in total. The summed E-state index contributed by atoms with van der Waals surface area (Å²) < 4.78 is 1.98. The van der Waals surface area contributed by atoms with Gasteiger partial charge in [0.2, 0.25) is 5.91 Å². The molecule has 1 aromatic heterocycles. The second-order valence-electron chi connectivity index (χ2n) is 11.4. The minimum absolute atomic E-state index is 0.0612. The molecule has 2 atom stereocenters. The lowest BCUT2D eigenvalue weighted by molar-refractivity contribution is -0.121. The van der Waals surface area contributed by atoms with Crippen molar-refractivity contribution in [2.45, 2.75) is 45.8 Å². The third-order valence-corrected chi connectivity index (χ3v) is 8.58. The quantitative estimate of drug-likeness (QED) is 0.148. The number of nitrogens with one attached hydrogen (secondary N) is 2. The maximum absolute atomic E-state index is 13.5. The number of hydrogen-bond donors (Lipinski definition) is 2. The van der Waals surface area contributed by atoms with Gasteiger partial charge >= 0.3 is 0 Å². The Balaban J connectivity index is 1.34. The zero-order valence-corrected chi connectivity index (χ0v) is 26.5. The van der Waals surface area contributed by atoms with Crippen LogP contribution in [0.25, 0.3) is 10.8 Å². The molecule has 0 fully saturated rings. The van der Waals surface area contributed by atoms with Crippen molar-refractivity contribution in [2.75, 3.05) is 11.9 Å². The van der Waals surface area contributed by atoms with Crippen LogP contribution in [0.4, 0.5) is 5.69 Å². The van der Waals surface area contributed by atoms with Gasteiger partial charge in [-0.25, -0.2) is 4.98 Å². The Morgan fingerprint density at radius 2 is 1.73 bits per heavy atom. The number of imidazole rings is 1. The largest absolute Gasteiger partial charge is 0.351 e. The average Bonchev–Trinajstić information content (AvgIpc) is 3.50. The molecule has 5 rings (SSSR count). The number of aromatic nitrogens is 2. The second kappa shape index (κ2) is 15.1. The van der Waals surface area contributed by atoms with E-state index >= 15 is 0 Å². The Hall–Kier alpha value is -5.00. The molecule has 1 amide bonds. The summed E-state index contributed by atoms with van der Waals surface area (Å²) in [5.74, 6) is 0.154. The second-order valence-corrected chi connectivity index (χ2v) is 11.8. The highest BCUT2D eigenvalue weighted by Gasteiger charge is 2.24. The van der Waals surface area contributed by atoms with Crippen molar-refractivity contribution in [2.24, 2.45) is 5.92 Å². The zero-order chi connectivity index (χ0) is 31.6. The zero-order valence-electron chi connectivity index (χ0n) is 25.7. The topological polar surface area (TPSA) is 86.0 Å². The van der Waals surface area contributed by atoms with E-state index in [2.05, 4.69) is 82.9 Å². The molecule has 0 bridgehead atoms. The third kappa shape index (κ3) is 8.34. The maximum atomic E-state index is 13.5. The van der Waals surface area contributed by atoms with E-state index < -0.39 is 0 Å². The predicted octanol–water partition coefficient (Wildman–Crippen LogP) is 6.93. The minimum Gasteiger partial charge on any atom is -0.351 e. The molecule has 0 aliphatic carbocycles. The number of rotatable bonds is 12. The van der Waals surface area contributed by atoms with Crippen molar-refractivity contribution in [3.8, 4) is 6.07 Å². The number of carbonyl (C=O) groups is 1. The molecular formula is C37H38N6OS. The van der Waals surface area contributed by atoms with Gasteiger partial charge in [-0.05, 0) is 64.3 Å². The van der Waals surface area contributed by atoms with Crippen LogP contribution in [0.3, 0.4) is 0 Å². The van der Waals surface area contributed by atoms with Gasteiger partial charge in [-0.2, -0.15) is 5.26 Å². The van der Waals surface area contributed by atoms with Crippen LogP contribution in [0.2, 0.25) is 0 Å². The van der Waals surface area contributed by atoms with Gasteiger partial charge in [-0.1, -0.05) is 93.1 Å². The summed E-state index contributed by atoms with van der Waals surface area (Å²) in [5, 5.41) is 18.8. The van der Waals surface area contributed by atoms with E-state index in [9.17, 15) is 4.79 Å². The highest BCUT2D eigenvalue weighted by Crippen LogP contribution is 2.22. The van der Waals surface area contributed by atoms with Crippen LogP contribution in [0.5, 0.6) is 0 Å². The predicted molar refractivity (Wildman–Crippen MR) is 185 cm³/mol. The Labute approximate surface area is 270 Å². The molecule has 0 aliphatic heterocycles. The average molecular weight is 615 g/mol. The summed E-state index contributed by atoms with van der Waals surface area (Å²) in [4.78, 5) is 20.0. The first-order valence-electron chi connectivity index (χ1n) is 15.3. The van der Waals surface area contributed by atoms with Crippen molar-refractivity contribution < 1.29 is 4.79 Å². The van der Waals surface area contributed by atoms with E-state index in [1.54, 1.807) is 24.7 Å². The van der Waals surface area contributed by atoms with E-state index in [1.165, 1.54) is 16.3 Å². The molecule has 45 heavy (non-hydrogen) atoms. The monoisotopic (exact) mass is 614 g/mol. The van der Waals surface area contributed by atoms with Crippen molar-refractivity contribution in [3.63, 3.8) is 0 Å². The number of nitrogens with zero attached hydrogens (tertiary/aromatic N) is 4. The van der Waals surface area contributed by atoms with Gasteiger partial charge in [-0.3, -0.25) is 4.79 Å². The SMILES string of the molecule is CC[C@H](C)[C@@H](CN(Cc1cccc2ccccc12)C(=S)Nc1ccccc1)NC(=O)Cc1cncn1Cc1ccc(C#N)cc1. The lowest BCUT2D eigenvalue weighted by Gasteiger charge is -2.33. The third-order valence-electron chi connectivity index (χ3n) is 8.22. The number of anilines is 1. The molecule has 0 saturated carbocycles. The van der Waals surface area contributed by atoms with Gasteiger partial charge in [0.15, 0.2) is 5.11 Å². The van der Waals surface area contributed by atoms with E-state index in [0.29, 0.717) is 30.3 Å². The molecular weight excluding hydrogens is 577 g/mol. The van der Waals surface area contributed by atoms with Gasteiger partial charge < -0.3 is 20.1 Å². The van der Waals surface area contributed by atoms with Gasteiger partial charge in [0.05, 0.1) is 24.4 Å². The molecule has 0 saturated heterocycles. The number of thiocarbonyl (C=S) groups is 1. The van der Waals surface area contributed by atoms with Crippen LogP contribution < -0.4 is 10.6 Å². The van der Waals surface area contributed by atoms with Gasteiger partial charge in [0.25, 0.3) is 0 Å². The molecule has 2 N–H and O–H groups in total. The minimum atomic E-state index is -0.136. The lowest BCUT2D eigenvalue weighted by Crippen LogP contribution is -2.50. The van der Waals surface area contributed by atoms with Crippen molar-refractivity contribution in [1.29, 1.82) is 5.26 Å². The molecule has 1 heterocycles. The van der Waals surface area contributed by atoms with Crippen molar-refractivity contribution in [1.82, 2.24) is 19.8 Å². The number of hydrogen-bond acceptors (Lipinski definition) is 4. The van der Waals surface area contributed by atoms with Crippen LogP contribution in [0, 0.1) is 17.2 Å². The van der Waals surface area contributed by atoms with Crippen LogP contribution >= 0.6 is 12.2 Å². The summed E-state index contributed by atoms with van der Waals surface area (Å²) in [6, 6.07) is 34.1. The number of fused-ring (bicyclic) bond motifs is 1. The summed E-state index contributed by atoms with van der Waals surface area (Å²) in [6.45, 7) is 6.03. The molecule has 8 heteroatoms. The number of carbonyl (C=O) groups excluding carboxylic acids is 1. The summed E-state index contributed by atoms with van der Waals surface area (Å²) >= 11 is 6.00. The smallest absolute Gasteiger partial charge is 0.226 e. The number of nitriles is 1. The summed E-state index contributed by atoms with van der Waals surface area (Å²) in [7, 11) is 0. The highest BCUT2D eigenvalue weighted by atomic mass is 32.1. The maximum Gasteiger partial charge on any atom is 0.226 e. The fourth-order valence-corrected chi connectivity index (χ4v) is 5.67. The standard InChI is InChI=1S/C37H38N6OS/c1-3-27(2)35(41-36(44)20-33-22-39-26-43(33)23-29-18-16-28(21-38)17-19-29)25-42(37(45)40-32-13-5-4-6-14-32)24-31-12-9-11-30-10-7-8-15-34(30)31/h4-19,22,26-27,35H,3,20,23-25H2,1-2H3,(H,40,45)(H,41,44)/t27-,35+/m0/s1. The van der Waals surface area contributed by atoms with Crippen molar-refractivity contribution >= 4 is 39.7 Å². The Morgan fingerprint density at radius 1 is 1.00 bits per heavy atom. The summed E-state index contributed by atoms with van der Waals surface area (Å²) in [6.07, 6.45) is 4.60. The Morgan fingerprint density at radius 3 is 2.49 bits per heavy atom.